The van der Waals surface area contributed by atoms with Crippen LogP contribution in [0.5, 0.6) is 5.75 Å². The molecule has 0 aliphatic heterocycles. The van der Waals surface area contributed by atoms with Crippen LogP contribution >= 0.6 is 39.0 Å². The van der Waals surface area contributed by atoms with Gasteiger partial charge in [0.2, 0.25) is 5.91 Å². The number of rotatable bonds is 10. The molecule has 0 unspecified atom stereocenters. The van der Waals surface area contributed by atoms with E-state index in [1.54, 1.807) is 11.3 Å². The molecule has 0 atom stereocenters. The molecule has 1 N–H and O–H groups in total. The third-order valence-electron chi connectivity index (χ3n) is 3.28. The Labute approximate surface area is 160 Å². The quantitative estimate of drug-likeness (QED) is 0.540. The van der Waals surface area contributed by atoms with Gasteiger partial charge >= 0.3 is 0 Å². The van der Waals surface area contributed by atoms with Gasteiger partial charge in [0, 0.05) is 29.3 Å². The highest BCUT2D eigenvalue weighted by atomic mass is 79.9. The van der Waals surface area contributed by atoms with Gasteiger partial charge in [0.15, 0.2) is 0 Å². The first-order valence-electron chi connectivity index (χ1n) is 7.91. The Bertz CT molecular complexity index is 628. The van der Waals surface area contributed by atoms with E-state index in [0.717, 1.165) is 30.2 Å². The molecule has 130 valence electrons. The van der Waals surface area contributed by atoms with Crippen LogP contribution < -0.4 is 10.1 Å². The summed E-state index contributed by atoms with van der Waals surface area (Å²) in [5, 5.41) is 2.96. The van der Waals surface area contributed by atoms with Gasteiger partial charge in [-0.1, -0.05) is 17.7 Å². The zero-order valence-corrected chi connectivity index (χ0v) is 16.9. The summed E-state index contributed by atoms with van der Waals surface area (Å²) >= 11 is 7.06. The topological polar surface area (TPSA) is 38.3 Å². The third kappa shape index (κ3) is 7.73. The second-order valence-electron chi connectivity index (χ2n) is 5.37. The molecule has 6 heteroatoms. The highest BCUT2D eigenvalue weighted by molar-refractivity contribution is 9.11. The monoisotopic (exact) mass is 427 g/mol. The van der Waals surface area contributed by atoms with Crippen LogP contribution in [-0.4, -0.2) is 24.8 Å². The van der Waals surface area contributed by atoms with E-state index in [2.05, 4.69) is 33.4 Å². The number of carbonyl (C=O) groups is 1. The number of thiophene rings is 1. The third-order valence-corrected chi connectivity index (χ3v) is 6.09. The van der Waals surface area contributed by atoms with Crippen molar-refractivity contribution in [2.45, 2.75) is 25.5 Å². The molecule has 0 aliphatic carbocycles. The van der Waals surface area contributed by atoms with Gasteiger partial charge in [-0.2, -0.15) is 11.8 Å². The Morgan fingerprint density at radius 2 is 2.04 bits per heavy atom. The van der Waals surface area contributed by atoms with Gasteiger partial charge in [-0.15, -0.1) is 11.3 Å². The number of hydrogen-bond acceptors (Lipinski definition) is 4. The van der Waals surface area contributed by atoms with Crippen molar-refractivity contribution >= 4 is 44.9 Å². The lowest BCUT2D eigenvalue weighted by molar-refractivity contribution is -0.121. The summed E-state index contributed by atoms with van der Waals surface area (Å²) in [6, 6.07) is 12.2. The van der Waals surface area contributed by atoms with Crippen LogP contribution in [0, 0.1) is 6.92 Å². The van der Waals surface area contributed by atoms with E-state index in [1.165, 1.54) is 14.2 Å². The van der Waals surface area contributed by atoms with E-state index >= 15 is 0 Å². The molecule has 2 rings (SSSR count). The Hall–Kier alpha value is -0.980. The average Bonchev–Trinajstić information content (AvgIpc) is 2.98. The number of thioether (sulfide) groups is 1. The van der Waals surface area contributed by atoms with Crippen molar-refractivity contribution in [3.05, 3.63) is 50.6 Å². The molecule has 3 nitrogen and oxygen atoms in total. The molecule has 1 amide bonds. The van der Waals surface area contributed by atoms with E-state index in [9.17, 15) is 4.79 Å². The molecule has 1 aromatic carbocycles. The highest BCUT2D eigenvalue weighted by Crippen LogP contribution is 2.25. The minimum Gasteiger partial charge on any atom is -0.494 e. The van der Waals surface area contributed by atoms with Crippen LogP contribution in [0.3, 0.4) is 0 Å². The van der Waals surface area contributed by atoms with Crippen molar-refractivity contribution in [1.29, 1.82) is 0 Å². The Morgan fingerprint density at radius 3 is 2.75 bits per heavy atom. The number of hydrogen-bond donors (Lipinski definition) is 1. The number of amides is 1. The molecular weight excluding hydrogens is 406 g/mol. The SMILES string of the molecule is Cc1ccc(OCCCC(=O)NCCSCc2ccc(Br)s2)cc1. The minimum atomic E-state index is 0.0991. The molecule has 0 aliphatic rings. The standard InChI is InChI=1S/C18H22BrNO2S2/c1-14-4-6-15(7-5-14)22-11-2-3-18(21)20-10-12-23-13-16-8-9-17(19)24-16/h4-9H,2-3,10-13H2,1H3,(H,20,21). The molecule has 0 bridgehead atoms. The maximum Gasteiger partial charge on any atom is 0.220 e. The number of benzene rings is 1. The highest BCUT2D eigenvalue weighted by Gasteiger charge is 2.02. The molecule has 0 saturated heterocycles. The van der Waals surface area contributed by atoms with Gasteiger partial charge in [-0.3, -0.25) is 4.79 Å². The van der Waals surface area contributed by atoms with Gasteiger partial charge in [-0.25, -0.2) is 0 Å². The van der Waals surface area contributed by atoms with Gasteiger partial charge in [0.25, 0.3) is 0 Å². The Balaban J connectivity index is 1.47. The van der Waals surface area contributed by atoms with Crippen molar-refractivity contribution in [2.24, 2.45) is 0 Å². The lowest BCUT2D eigenvalue weighted by Crippen LogP contribution is -2.25. The van der Waals surface area contributed by atoms with Crippen molar-refractivity contribution in [3.63, 3.8) is 0 Å². The van der Waals surface area contributed by atoms with E-state index in [-0.39, 0.29) is 5.91 Å². The molecule has 1 heterocycles. The predicted octanol–water partition coefficient (Wildman–Crippen LogP) is 5.03. The fourth-order valence-electron chi connectivity index (χ4n) is 2.01. The molecular formula is C18H22BrNO2S2. The number of ether oxygens (including phenoxy) is 1. The minimum absolute atomic E-state index is 0.0991. The van der Waals surface area contributed by atoms with E-state index in [0.29, 0.717) is 13.0 Å². The van der Waals surface area contributed by atoms with Gasteiger partial charge in [0.1, 0.15) is 5.75 Å². The molecule has 0 saturated carbocycles. The van der Waals surface area contributed by atoms with Crippen LogP contribution in [0.15, 0.2) is 40.2 Å². The first-order valence-corrected chi connectivity index (χ1v) is 10.7. The molecule has 1 aromatic heterocycles. The summed E-state index contributed by atoms with van der Waals surface area (Å²) in [5.41, 5.74) is 1.21. The smallest absolute Gasteiger partial charge is 0.220 e. The van der Waals surface area contributed by atoms with Gasteiger partial charge < -0.3 is 10.1 Å². The van der Waals surface area contributed by atoms with Gasteiger partial charge in [0.05, 0.1) is 10.4 Å². The van der Waals surface area contributed by atoms with Crippen LogP contribution in [0.25, 0.3) is 0 Å². The maximum atomic E-state index is 11.8. The summed E-state index contributed by atoms with van der Waals surface area (Å²) in [4.78, 5) is 13.1. The second kappa shape index (κ2) is 10.8. The van der Waals surface area contributed by atoms with Crippen molar-refractivity contribution in [2.75, 3.05) is 18.9 Å². The van der Waals surface area contributed by atoms with E-state index in [1.807, 2.05) is 43.0 Å². The van der Waals surface area contributed by atoms with Crippen molar-refractivity contribution < 1.29 is 9.53 Å². The summed E-state index contributed by atoms with van der Waals surface area (Å²) < 4.78 is 6.78. The first kappa shape index (κ1) is 19.3. The summed E-state index contributed by atoms with van der Waals surface area (Å²) in [5.74, 6) is 2.89. The molecule has 24 heavy (non-hydrogen) atoms. The van der Waals surface area contributed by atoms with Crippen LogP contribution in [0.4, 0.5) is 0 Å². The lowest BCUT2D eigenvalue weighted by atomic mass is 10.2. The number of aryl methyl sites for hydroxylation is 1. The zero-order valence-electron chi connectivity index (χ0n) is 13.7. The average molecular weight is 428 g/mol. The molecule has 0 radical (unpaired) electrons. The Morgan fingerprint density at radius 1 is 1.25 bits per heavy atom. The number of nitrogens with one attached hydrogen (secondary N) is 1. The first-order chi connectivity index (χ1) is 11.6. The lowest BCUT2D eigenvalue weighted by Gasteiger charge is -2.07. The molecule has 2 aromatic rings. The fourth-order valence-corrected chi connectivity index (χ4v) is 4.46. The fraction of sp³-hybridized carbons (Fsp3) is 0.389. The summed E-state index contributed by atoms with van der Waals surface area (Å²) in [6.07, 6.45) is 1.24. The number of halogens is 1. The van der Waals surface area contributed by atoms with Crippen LogP contribution in [-0.2, 0) is 10.5 Å². The zero-order chi connectivity index (χ0) is 17.2. The van der Waals surface area contributed by atoms with E-state index < -0.39 is 0 Å². The van der Waals surface area contributed by atoms with Crippen molar-refractivity contribution in [1.82, 2.24) is 5.32 Å². The largest absolute Gasteiger partial charge is 0.494 e. The molecule has 0 fully saturated rings. The maximum absolute atomic E-state index is 11.8. The van der Waals surface area contributed by atoms with Crippen LogP contribution in [0.2, 0.25) is 0 Å². The van der Waals surface area contributed by atoms with E-state index in [4.69, 9.17) is 4.74 Å². The number of carbonyl (C=O) groups excluding carboxylic acids is 1. The molecule has 0 spiro atoms. The normalized spacial score (nSPS) is 10.6. The van der Waals surface area contributed by atoms with Crippen LogP contribution in [0.1, 0.15) is 23.3 Å². The van der Waals surface area contributed by atoms with Crippen molar-refractivity contribution in [3.8, 4) is 5.75 Å². The van der Waals surface area contributed by atoms with Gasteiger partial charge in [-0.05, 0) is 53.5 Å². The second-order valence-corrected chi connectivity index (χ2v) is 9.03. The summed E-state index contributed by atoms with van der Waals surface area (Å²) in [7, 11) is 0. The Kier molecular flexibility index (Phi) is 8.70. The predicted molar refractivity (Wildman–Crippen MR) is 107 cm³/mol. The summed E-state index contributed by atoms with van der Waals surface area (Å²) in [6.45, 7) is 3.33.